The van der Waals surface area contributed by atoms with Crippen LogP contribution in [0.25, 0.3) is 10.2 Å². The Morgan fingerprint density at radius 3 is 2.87 bits per heavy atom. The van der Waals surface area contributed by atoms with Crippen LogP contribution in [0.3, 0.4) is 0 Å². The van der Waals surface area contributed by atoms with Crippen molar-refractivity contribution in [1.29, 1.82) is 0 Å². The number of nitrogens with zero attached hydrogens (tertiary/aromatic N) is 2. The standard InChI is InChI=1S/C23H24Cl2N2O3S/c1-14(2)17-6-3-7-20-22(17)26-23(31-20)27(12-16-5-4-10-29-16)21(28)13-30-19-9-8-15(24)11-18(19)25/h3,6-9,11,14,16H,4-5,10,12-13H2,1-2H3. The summed E-state index contributed by atoms with van der Waals surface area (Å²) in [6.07, 6.45) is 1.93. The van der Waals surface area contributed by atoms with Crippen molar-refractivity contribution in [2.24, 2.45) is 0 Å². The molecule has 1 aliphatic heterocycles. The minimum Gasteiger partial charge on any atom is -0.482 e. The highest BCUT2D eigenvalue weighted by atomic mass is 35.5. The zero-order valence-electron chi connectivity index (χ0n) is 17.4. The largest absolute Gasteiger partial charge is 0.482 e. The monoisotopic (exact) mass is 478 g/mol. The summed E-state index contributed by atoms with van der Waals surface area (Å²) in [4.78, 5) is 19.8. The van der Waals surface area contributed by atoms with Crippen molar-refractivity contribution in [1.82, 2.24) is 4.98 Å². The number of anilines is 1. The number of fused-ring (bicyclic) bond motifs is 1. The Bertz CT molecular complexity index is 1080. The fourth-order valence-corrected chi connectivity index (χ4v) is 5.12. The van der Waals surface area contributed by atoms with E-state index in [0.29, 0.717) is 33.4 Å². The molecular formula is C23H24Cl2N2O3S. The van der Waals surface area contributed by atoms with E-state index in [2.05, 4.69) is 19.9 Å². The normalized spacial score (nSPS) is 16.2. The van der Waals surface area contributed by atoms with Gasteiger partial charge in [0.05, 0.1) is 27.9 Å². The predicted molar refractivity (Wildman–Crippen MR) is 127 cm³/mol. The van der Waals surface area contributed by atoms with E-state index in [1.807, 2.05) is 12.1 Å². The van der Waals surface area contributed by atoms with Gasteiger partial charge in [0.1, 0.15) is 5.75 Å². The molecule has 1 atom stereocenters. The van der Waals surface area contributed by atoms with E-state index in [0.717, 1.165) is 29.7 Å². The summed E-state index contributed by atoms with van der Waals surface area (Å²) in [6.45, 7) is 5.31. The Kier molecular flexibility index (Phi) is 7.02. The van der Waals surface area contributed by atoms with Gasteiger partial charge in [-0.05, 0) is 48.6 Å². The smallest absolute Gasteiger partial charge is 0.266 e. The predicted octanol–water partition coefficient (Wildman–Crippen LogP) is 6.32. The average molecular weight is 479 g/mol. The quantitative estimate of drug-likeness (QED) is 0.398. The van der Waals surface area contributed by atoms with Crippen molar-refractivity contribution in [3.63, 3.8) is 0 Å². The number of hydrogen-bond acceptors (Lipinski definition) is 5. The number of benzene rings is 2. The molecule has 5 nitrogen and oxygen atoms in total. The number of hydrogen-bond donors (Lipinski definition) is 0. The van der Waals surface area contributed by atoms with E-state index in [9.17, 15) is 4.79 Å². The molecule has 1 aliphatic rings. The molecule has 1 aromatic heterocycles. The molecule has 31 heavy (non-hydrogen) atoms. The van der Waals surface area contributed by atoms with E-state index in [-0.39, 0.29) is 18.6 Å². The van der Waals surface area contributed by atoms with Gasteiger partial charge in [0.25, 0.3) is 5.91 Å². The maximum atomic E-state index is 13.2. The lowest BCUT2D eigenvalue weighted by Gasteiger charge is -2.23. The molecule has 0 radical (unpaired) electrons. The molecule has 3 aromatic rings. The Morgan fingerprint density at radius 2 is 2.16 bits per heavy atom. The molecular weight excluding hydrogens is 455 g/mol. The summed E-state index contributed by atoms with van der Waals surface area (Å²) >= 11 is 13.6. The first kappa shape index (κ1) is 22.3. The van der Waals surface area contributed by atoms with Gasteiger partial charge in [-0.25, -0.2) is 4.98 Å². The molecule has 2 heterocycles. The summed E-state index contributed by atoms with van der Waals surface area (Å²) in [5, 5.41) is 1.54. The second-order valence-electron chi connectivity index (χ2n) is 7.85. The molecule has 4 rings (SSSR count). The number of para-hydroxylation sites is 1. The Labute approximate surface area is 195 Å². The van der Waals surface area contributed by atoms with Crippen LogP contribution in [0, 0.1) is 0 Å². The highest BCUT2D eigenvalue weighted by molar-refractivity contribution is 7.22. The van der Waals surface area contributed by atoms with E-state index >= 15 is 0 Å². The first-order valence-corrected chi connectivity index (χ1v) is 11.9. The maximum absolute atomic E-state index is 13.2. The van der Waals surface area contributed by atoms with Crippen LogP contribution < -0.4 is 9.64 Å². The van der Waals surface area contributed by atoms with E-state index in [4.69, 9.17) is 37.7 Å². The minimum atomic E-state index is -0.188. The molecule has 8 heteroatoms. The third kappa shape index (κ3) is 5.14. The zero-order chi connectivity index (χ0) is 22.0. The molecule has 1 amide bonds. The van der Waals surface area contributed by atoms with Gasteiger partial charge in [-0.3, -0.25) is 9.69 Å². The molecule has 0 bridgehead atoms. The minimum absolute atomic E-state index is 0.000323. The van der Waals surface area contributed by atoms with Crippen LogP contribution in [0.15, 0.2) is 36.4 Å². The van der Waals surface area contributed by atoms with Crippen LogP contribution in [0.2, 0.25) is 10.0 Å². The van der Waals surface area contributed by atoms with Crippen LogP contribution in [0.4, 0.5) is 5.13 Å². The maximum Gasteiger partial charge on any atom is 0.266 e. The Hall–Kier alpha value is -1.86. The molecule has 0 aliphatic carbocycles. The lowest BCUT2D eigenvalue weighted by atomic mass is 10.0. The van der Waals surface area contributed by atoms with Gasteiger partial charge in [0.15, 0.2) is 11.7 Å². The second-order valence-corrected chi connectivity index (χ2v) is 9.70. The number of aromatic nitrogens is 1. The summed E-state index contributed by atoms with van der Waals surface area (Å²) in [5.74, 6) is 0.575. The van der Waals surface area contributed by atoms with E-state index < -0.39 is 0 Å². The summed E-state index contributed by atoms with van der Waals surface area (Å²) in [6, 6.07) is 11.1. The number of amides is 1. The fraction of sp³-hybridized carbons (Fsp3) is 0.391. The van der Waals surface area contributed by atoms with Gasteiger partial charge >= 0.3 is 0 Å². The van der Waals surface area contributed by atoms with Gasteiger partial charge in [-0.15, -0.1) is 0 Å². The molecule has 1 unspecified atom stereocenters. The SMILES string of the molecule is CC(C)c1cccc2sc(N(CC3CCCO3)C(=O)COc3ccc(Cl)cc3Cl)nc12. The van der Waals surface area contributed by atoms with Gasteiger partial charge in [-0.2, -0.15) is 0 Å². The molecule has 0 saturated carbocycles. The topological polar surface area (TPSA) is 51.7 Å². The first-order valence-electron chi connectivity index (χ1n) is 10.3. The molecule has 1 fully saturated rings. The third-order valence-electron chi connectivity index (χ3n) is 5.25. The summed E-state index contributed by atoms with van der Waals surface area (Å²) in [5.41, 5.74) is 2.12. The van der Waals surface area contributed by atoms with E-state index in [1.165, 1.54) is 16.9 Å². The van der Waals surface area contributed by atoms with Gasteiger partial charge in [-0.1, -0.05) is 60.5 Å². The Morgan fingerprint density at radius 1 is 1.32 bits per heavy atom. The number of carbonyl (C=O) groups is 1. The average Bonchev–Trinajstić information content (AvgIpc) is 3.40. The van der Waals surface area contributed by atoms with Crippen molar-refractivity contribution in [2.45, 2.75) is 38.7 Å². The number of rotatable bonds is 7. The Balaban J connectivity index is 1.60. The van der Waals surface area contributed by atoms with Crippen LogP contribution in [0.5, 0.6) is 5.75 Å². The van der Waals surface area contributed by atoms with E-state index in [1.54, 1.807) is 23.1 Å². The highest BCUT2D eigenvalue weighted by Crippen LogP contribution is 2.34. The summed E-state index contributed by atoms with van der Waals surface area (Å²) < 4.78 is 12.6. The van der Waals surface area contributed by atoms with Gasteiger partial charge in [0.2, 0.25) is 0 Å². The third-order valence-corrected chi connectivity index (χ3v) is 6.82. The lowest BCUT2D eigenvalue weighted by Crippen LogP contribution is -2.40. The van der Waals surface area contributed by atoms with Crippen molar-refractivity contribution < 1.29 is 14.3 Å². The fourth-order valence-electron chi connectivity index (χ4n) is 3.63. The number of halogens is 2. The molecule has 0 spiro atoms. The van der Waals surface area contributed by atoms with Crippen LogP contribution >= 0.6 is 34.5 Å². The van der Waals surface area contributed by atoms with Crippen molar-refractivity contribution >= 4 is 55.8 Å². The molecule has 1 saturated heterocycles. The van der Waals surface area contributed by atoms with Crippen LogP contribution in [0.1, 0.15) is 38.2 Å². The second kappa shape index (κ2) is 9.74. The van der Waals surface area contributed by atoms with Crippen molar-refractivity contribution in [3.8, 4) is 5.75 Å². The molecule has 164 valence electrons. The lowest BCUT2D eigenvalue weighted by molar-refractivity contribution is -0.120. The summed E-state index contributed by atoms with van der Waals surface area (Å²) in [7, 11) is 0. The highest BCUT2D eigenvalue weighted by Gasteiger charge is 2.27. The molecule has 2 aromatic carbocycles. The van der Waals surface area contributed by atoms with Gasteiger partial charge in [0, 0.05) is 11.6 Å². The van der Waals surface area contributed by atoms with Crippen molar-refractivity contribution in [2.75, 3.05) is 24.7 Å². The number of ether oxygens (including phenoxy) is 2. The molecule has 0 N–H and O–H groups in total. The van der Waals surface area contributed by atoms with Crippen LogP contribution in [-0.2, 0) is 9.53 Å². The zero-order valence-corrected chi connectivity index (χ0v) is 19.8. The number of thiazole rings is 1. The van der Waals surface area contributed by atoms with Gasteiger partial charge < -0.3 is 9.47 Å². The first-order chi connectivity index (χ1) is 14.9. The van der Waals surface area contributed by atoms with Crippen molar-refractivity contribution in [3.05, 3.63) is 52.0 Å². The number of carbonyl (C=O) groups excluding carboxylic acids is 1. The van der Waals surface area contributed by atoms with Crippen LogP contribution in [-0.4, -0.2) is 36.8 Å².